The molecule has 3 rings (SSSR count). The van der Waals surface area contributed by atoms with Gasteiger partial charge in [0.05, 0.1) is 6.10 Å². The first-order valence-electron chi connectivity index (χ1n) is 7.46. The lowest BCUT2D eigenvalue weighted by Crippen LogP contribution is -2.63. The second-order valence-electron chi connectivity index (χ2n) is 7.55. The zero-order valence-electron chi connectivity index (χ0n) is 12.7. The maximum absolute atomic E-state index is 11.6. The summed E-state index contributed by atoms with van der Waals surface area (Å²) in [7, 11) is 0. The summed E-state index contributed by atoms with van der Waals surface area (Å²) in [5, 5.41) is 10.6. The molecule has 0 aromatic heterocycles. The topological polar surface area (TPSA) is 55.8 Å². The molecular weight excluding hydrogens is 256 g/mol. The third kappa shape index (κ3) is 1.54. The Morgan fingerprint density at radius 3 is 2.60 bits per heavy atom. The van der Waals surface area contributed by atoms with E-state index in [4.69, 9.17) is 9.47 Å². The quantitative estimate of drug-likeness (QED) is 0.547. The van der Waals surface area contributed by atoms with Crippen LogP contribution in [-0.4, -0.2) is 29.6 Å². The van der Waals surface area contributed by atoms with Gasteiger partial charge < -0.3 is 14.6 Å². The summed E-state index contributed by atoms with van der Waals surface area (Å²) >= 11 is 0. The summed E-state index contributed by atoms with van der Waals surface area (Å²) in [6.45, 7) is 8.77. The van der Waals surface area contributed by atoms with E-state index in [9.17, 15) is 9.90 Å². The molecule has 20 heavy (non-hydrogen) atoms. The predicted molar refractivity (Wildman–Crippen MR) is 74.2 cm³/mol. The number of aliphatic hydroxyl groups excluding tert-OH is 1. The molecule has 1 spiro atoms. The zero-order chi connectivity index (χ0) is 14.8. The predicted octanol–water partition coefficient (Wildman–Crippen LogP) is 3.05. The summed E-state index contributed by atoms with van der Waals surface area (Å²) in [5.74, 6) is 0.0713. The number of rotatable bonds is 0. The van der Waals surface area contributed by atoms with Gasteiger partial charge in [0.2, 0.25) is 0 Å². The third-order valence-corrected chi connectivity index (χ3v) is 6.02. The van der Waals surface area contributed by atoms with Crippen LogP contribution in [0.5, 0.6) is 0 Å². The van der Waals surface area contributed by atoms with E-state index >= 15 is 0 Å². The number of hydrogen-bond acceptors (Lipinski definition) is 4. The van der Waals surface area contributed by atoms with Crippen LogP contribution in [0.25, 0.3) is 0 Å². The molecule has 0 aromatic carbocycles. The summed E-state index contributed by atoms with van der Waals surface area (Å²) in [4.78, 5) is 11.6. The Kier molecular flexibility index (Phi) is 2.79. The average Bonchev–Trinajstić information content (AvgIpc) is 2.70. The van der Waals surface area contributed by atoms with Gasteiger partial charge >= 0.3 is 6.16 Å². The van der Waals surface area contributed by atoms with Crippen LogP contribution in [0.3, 0.4) is 0 Å². The minimum absolute atomic E-state index is 0.0195. The van der Waals surface area contributed by atoms with Gasteiger partial charge in [0.1, 0.15) is 6.61 Å². The maximum atomic E-state index is 11.6. The number of fused-ring (bicyclic) bond motifs is 2. The number of aliphatic hydroxyl groups is 1. The first-order chi connectivity index (χ1) is 9.23. The van der Waals surface area contributed by atoms with Crippen molar-refractivity contribution in [1.29, 1.82) is 0 Å². The van der Waals surface area contributed by atoms with Crippen LogP contribution in [0, 0.1) is 16.7 Å². The van der Waals surface area contributed by atoms with Gasteiger partial charge in [0.15, 0.2) is 5.60 Å². The smallest absolute Gasteiger partial charge is 0.430 e. The van der Waals surface area contributed by atoms with E-state index < -0.39 is 17.9 Å². The highest BCUT2D eigenvalue weighted by atomic mass is 16.8. The molecule has 3 aliphatic rings. The fraction of sp³-hybridized carbons (Fsp3) is 0.812. The average molecular weight is 280 g/mol. The van der Waals surface area contributed by atoms with E-state index in [0.717, 1.165) is 24.8 Å². The van der Waals surface area contributed by atoms with Crippen molar-refractivity contribution < 1.29 is 19.4 Å². The van der Waals surface area contributed by atoms with Crippen LogP contribution >= 0.6 is 0 Å². The molecule has 1 aliphatic heterocycles. The molecule has 0 unspecified atom stereocenters. The van der Waals surface area contributed by atoms with Crippen LogP contribution in [0.15, 0.2) is 11.6 Å². The van der Waals surface area contributed by atoms with Gasteiger partial charge in [-0.25, -0.2) is 4.79 Å². The molecule has 1 saturated heterocycles. The Balaban J connectivity index is 2.16. The van der Waals surface area contributed by atoms with Crippen molar-refractivity contribution in [1.82, 2.24) is 0 Å². The van der Waals surface area contributed by atoms with E-state index in [1.54, 1.807) is 0 Å². The van der Waals surface area contributed by atoms with Gasteiger partial charge in [-0.1, -0.05) is 33.3 Å². The lowest BCUT2D eigenvalue weighted by molar-refractivity contribution is -0.159. The Hall–Kier alpha value is -1.03. The normalized spacial score (nSPS) is 46.5. The molecule has 0 amide bonds. The van der Waals surface area contributed by atoms with Gasteiger partial charge in [-0.2, -0.15) is 0 Å². The van der Waals surface area contributed by atoms with Crippen molar-refractivity contribution in [3.63, 3.8) is 0 Å². The van der Waals surface area contributed by atoms with Gasteiger partial charge in [-0.15, -0.1) is 0 Å². The summed E-state index contributed by atoms with van der Waals surface area (Å²) in [6, 6.07) is 0. The molecular formula is C16H24O4. The molecule has 4 nitrogen and oxygen atoms in total. The second kappa shape index (κ2) is 4.00. The SMILES string of the molecule is CC1=C[C@@H](O)[C@H]2C(C)(C)CCC[C@]2(C)[C@@]12COC(=O)O2. The van der Waals surface area contributed by atoms with Crippen molar-refractivity contribution in [2.45, 2.75) is 58.7 Å². The number of hydrogen-bond donors (Lipinski definition) is 1. The fourth-order valence-electron chi connectivity index (χ4n) is 5.15. The van der Waals surface area contributed by atoms with Gasteiger partial charge in [-0.05, 0) is 30.8 Å². The molecule has 2 aliphatic carbocycles. The molecule has 1 heterocycles. The van der Waals surface area contributed by atoms with E-state index in [1.807, 2.05) is 13.0 Å². The molecule has 0 aromatic rings. The Morgan fingerprint density at radius 2 is 2.00 bits per heavy atom. The van der Waals surface area contributed by atoms with Crippen molar-refractivity contribution in [3.05, 3.63) is 11.6 Å². The highest BCUT2D eigenvalue weighted by Crippen LogP contribution is 2.63. The number of cyclic esters (lactones) is 1. The van der Waals surface area contributed by atoms with Crippen molar-refractivity contribution in [2.24, 2.45) is 16.7 Å². The molecule has 4 atom stereocenters. The molecule has 1 N–H and O–H groups in total. The first-order valence-corrected chi connectivity index (χ1v) is 7.46. The van der Waals surface area contributed by atoms with E-state index in [-0.39, 0.29) is 23.4 Å². The number of carbonyl (C=O) groups excluding carboxylic acids is 1. The van der Waals surface area contributed by atoms with Crippen molar-refractivity contribution in [2.75, 3.05) is 6.61 Å². The lowest BCUT2D eigenvalue weighted by Gasteiger charge is -2.60. The van der Waals surface area contributed by atoms with Gasteiger partial charge in [0.25, 0.3) is 0 Å². The molecule has 2 fully saturated rings. The standard InChI is InChI=1S/C16H24O4/c1-10-8-11(17)12-14(2,3)6-5-7-15(12,4)16(10)9-19-13(18)20-16/h8,11-12,17H,5-7,9H2,1-4H3/t11-,12+,15+,16-/m1/s1. The minimum atomic E-state index is -0.703. The highest BCUT2D eigenvalue weighted by Gasteiger charge is 2.66. The van der Waals surface area contributed by atoms with Gasteiger partial charge in [-0.3, -0.25) is 0 Å². The first kappa shape index (κ1) is 13.9. The van der Waals surface area contributed by atoms with Crippen LogP contribution < -0.4 is 0 Å². The Labute approximate surface area is 120 Å². The van der Waals surface area contributed by atoms with Crippen LogP contribution in [-0.2, 0) is 9.47 Å². The summed E-state index contributed by atoms with van der Waals surface area (Å²) in [5.41, 5.74) is -0.0384. The molecule has 112 valence electrons. The van der Waals surface area contributed by atoms with Crippen LogP contribution in [0.4, 0.5) is 4.79 Å². The zero-order valence-corrected chi connectivity index (χ0v) is 12.7. The van der Waals surface area contributed by atoms with E-state index in [0.29, 0.717) is 0 Å². The lowest BCUT2D eigenvalue weighted by atomic mass is 9.46. The number of ether oxygens (including phenoxy) is 2. The second-order valence-corrected chi connectivity index (χ2v) is 7.55. The fourth-order valence-corrected chi connectivity index (χ4v) is 5.15. The molecule has 4 heteroatoms. The summed E-state index contributed by atoms with van der Waals surface area (Å²) in [6.07, 6.45) is 3.90. The van der Waals surface area contributed by atoms with E-state index in [2.05, 4.69) is 20.8 Å². The molecule has 0 bridgehead atoms. The van der Waals surface area contributed by atoms with Crippen LogP contribution in [0.1, 0.15) is 47.0 Å². The Morgan fingerprint density at radius 1 is 1.30 bits per heavy atom. The minimum Gasteiger partial charge on any atom is -0.430 e. The van der Waals surface area contributed by atoms with Crippen molar-refractivity contribution in [3.8, 4) is 0 Å². The highest BCUT2D eigenvalue weighted by molar-refractivity contribution is 5.64. The van der Waals surface area contributed by atoms with Crippen LogP contribution in [0.2, 0.25) is 0 Å². The van der Waals surface area contributed by atoms with Crippen molar-refractivity contribution >= 4 is 6.16 Å². The largest absolute Gasteiger partial charge is 0.509 e. The number of carbonyl (C=O) groups is 1. The Bertz CT molecular complexity index is 481. The summed E-state index contributed by atoms with van der Waals surface area (Å²) < 4.78 is 10.8. The van der Waals surface area contributed by atoms with E-state index in [1.165, 1.54) is 0 Å². The molecule has 1 saturated carbocycles. The third-order valence-electron chi connectivity index (χ3n) is 6.02. The maximum Gasteiger partial charge on any atom is 0.509 e. The molecule has 0 radical (unpaired) electrons. The van der Waals surface area contributed by atoms with Gasteiger partial charge in [0, 0.05) is 11.3 Å². The monoisotopic (exact) mass is 280 g/mol.